The molecule has 3 rings (SSSR count). The first-order valence-corrected chi connectivity index (χ1v) is 8.89. The van der Waals surface area contributed by atoms with Crippen LogP contribution in [0.2, 0.25) is 0 Å². The Morgan fingerprint density at radius 1 is 1.24 bits per heavy atom. The molecule has 3 N–H and O–H groups in total. The maximum Gasteiger partial charge on any atom is 0.254 e. The van der Waals surface area contributed by atoms with Crippen molar-refractivity contribution >= 4 is 11.7 Å². The van der Waals surface area contributed by atoms with Gasteiger partial charge in [-0.2, -0.15) is 0 Å². The Hall–Kier alpha value is -3.04. The smallest absolute Gasteiger partial charge is 0.254 e. The van der Waals surface area contributed by atoms with E-state index in [1.165, 1.54) is 10.6 Å². The van der Waals surface area contributed by atoms with Crippen molar-refractivity contribution in [3.8, 4) is 0 Å². The van der Waals surface area contributed by atoms with Crippen molar-refractivity contribution in [1.82, 2.24) is 24.5 Å². The van der Waals surface area contributed by atoms with Crippen LogP contribution in [-0.2, 0) is 23.2 Å². The lowest BCUT2D eigenvalue weighted by Crippen LogP contribution is -2.51. The second-order valence-corrected chi connectivity index (χ2v) is 7.19. The van der Waals surface area contributed by atoms with Gasteiger partial charge in [0.1, 0.15) is 6.04 Å². The minimum Gasteiger partial charge on any atom is -0.374 e. The van der Waals surface area contributed by atoms with E-state index in [-0.39, 0.29) is 25.5 Å². The van der Waals surface area contributed by atoms with E-state index >= 15 is 0 Å². The summed E-state index contributed by atoms with van der Waals surface area (Å²) in [7, 11) is 1.61. The van der Waals surface area contributed by atoms with Gasteiger partial charge in [0, 0.05) is 19.3 Å². The van der Waals surface area contributed by atoms with Gasteiger partial charge in [0.15, 0.2) is 5.82 Å². The van der Waals surface area contributed by atoms with Crippen molar-refractivity contribution in [3.05, 3.63) is 64.3 Å². The van der Waals surface area contributed by atoms with E-state index in [9.17, 15) is 9.59 Å². The fourth-order valence-electron chi connectivity index (χ4n) is 2.65. The van der Waals surface area contributed by atoms with Gasteiger partial charge in [0.25, 0.3) is 5.56 Å². The summed E-state index contributed by atoms with van der Waals surface area (Å²) >= 11 is 0. The maximum atomic E-state index is 12.5. The van der Waals surface area contributed by atoms with Crippen molar-refractivity contribution in [2.45, 2.75) is 39.5 Å². The van der Waals surface area contributed by atoms with Crippen molar-refractivity contribution < 1.29 is 9.53 Å². The maximum absolute atomic E-state index is 12.5. The molecule has 0 aliphatic rings. The number of benzene rings is 1. The number of nitrogens with zero attached hydrogens (tertiary/aromatic N) is 4. The van der Waals surface area contributed by atoms with Crippen LogP contribution in [-0.4, -0.2) is 37.2 Å². The lowest BCUT2D eigenvalue weighted by molar-refractivity contribution is -0.126. The Balaban J connectivity index is 0.00000300. The Labute approximate surface area is 169 Å². The van der Waals surface area contributed by atoms with Crippen LogP contribution >= 0.6 is 0 Å². The molecular formula is C20H28N6O3. The number of rotatable bonds is 7. The monoisotopic (exact) mass is 400 g/mol. The summed E-state index contributed by atoms with van der Waals surface area (Å²) in [6.07, 6.45) is 1.58. The second-order valence-electron chi connectivity index (χ2n) is 7.19. The molecule has 3 aromatic rings. The summed E-state index contributed by atoms with van der Waals surface area (Å²) in [5, 5.41) is 11.1. The fraction of sp³-hybridized carbons (Fsp3) is 0.400. The highest BCUT2D eigenvalue weighted by atomic mass is 16.5. The molecule has 9 nitrogen and oxygen atoms in total. The van der Waals surface area contributed by atoms with E-state index in [4.69, 9.17) is 10.5 Å². The number of hydrogen-bond acceptors (Lipinski definition) is 6. The molecule has 2 heterocycles. The third kappa shape index (κ3) is 5.07. The highest BCUT2D eigenvalue weighted by Crippen LogP contribution is 2.15. The summed E-state index contributed by atoms with van der Waals surface area (Å²) in [4.78, 5) is 24.3. The molecule has 1 atom stereocenters. The number of hydrogen-bond donors (Lipinski definition) is 2. The van der Waals surface area contributed by atoms with Crippen LogP contribution in [0.4, 0.5) is 0 Å². The van der Waals surface area contributed by atoms with E-state index in [0.717, 1.165) is 5.56 Å². The minimum atomic E-state index is -1.06. The van der Waals surface area contributed by atoms with Crippen molar-refractivity contribution in [3.63, 3.8) is 0 Å². The molecule has 9 heteroatoms. The standard InChI is InChI=1S/C19H24N6O3.CH4/c1-19(2,20)17(27)21-14(12-28-11-13-7-5-4-6-8-13)16-22-23-18-24(3)15(26)9-10-25(16)18;/h4-10,14H,11-12,20H2,1-3H3,(H,21,27);1H4/t14-;/m1./s1. The van der Waals surface area contributed by atoms with Gasteiger partial charge >= 0.3 is 0 Å². The molecule has 0 spiro atoms. The Kier molecular flexibility index (Phi) is 6.89. The number of amides is 1. The highest BCUT2D eigenvalue weighted by Gasteiger charge is 2.28. The topological polar surface area (TPSA) is 117 Å². The molecule has 29 heavy (non-hydrogen) atoms. The number of aromatic nitrogens is 4. The Morgan fingerprint density at radius 2 is 1.93 bits per heavy atom. The van der Waals surface area contributed by atoms with Crippen molar-refractivity contribution in [1.29, 1.82) is 0 Å². The molecule has 1 amide bonds. The summed E-state index contributed by atoms with van der Waals surface area (Å²) in [5.41, 5.74) is 5.67. The van der Waals surface area contributed by atoms with E-state index < -0.39 is 11.6 Å². The summed E-state index contributed by atoms with van der Waals surface area (Å²) < 4.78 is 8.85. The van der Waals surface area contributed by atoms with Gasteiger partial charge in [-0.15, -0.1) is 10.2 Å². The molecule has 0 bridgehead atoms. The molecule has 0 radical (unpaired) electrons. The lowest BCUT2D eigenvalue weighted by Gasteiger charge is -2.23. The van der Waals surface area contributed by atoms with E-state index in [1.54, 1.807) is 31.5 Å². The number of nitrogens with one attached hydrogen (secondary N) is 1. The molecule has 2 aromatic heterocycles. The molecule has 1 aromatic carbocycles. The fourth-order valence-corrected chi connectivity index (χ4v) is 2.65. The zero-order valence-electron chi connectivity index (χ0n) is 16.1. The molecule has 0 saturated heterocycles. The number of aryl methyl sites for hydroxylation is 1. The number of fused-ring (bicyclic) bond motifs is 1. The summed E-state index contributed by atoms with van der Waals surface area (Å²) in [5.74, 6) is 0.482. The van der Waals surface area contributed by atoms with Crippen molar-refractivity contribution in [2.75, 3.05) is 6.61 Å². The van der Waals surface area contributed by atoms with Gasteiger partial charge < -0.3 is 15.8 Å². The number of carbonyl (C=O) groups excluding carboxylic acids is 1. The number of ether oxygens (including phenoxy) is 1. The first-order valence-electron chi connectivity index (χ1n) is 8.89. The minimum absolute atomic E-state index is 0. The lowest BCUT2D eigenvalue weighted by atomic mass is 10.1. The van der Waals surface area contributed by atoms with Crippen LogP contribution in [0, 0.1) is 0 Å². The van der Waals surface area contributed by atoms with Crippen LogP contribution < -0.4 is 16.6 Å². The Morgan fingerprint density at radius 3 is 2.59 bits per heavy atom. The molecule has 0 saturated carbocycles. The molecule has 0 fully saturated rings. The summed E-state index contributed by atoms with van der Waals surface area (Å²) in [6, 6.07) is 10.5. The van der Waals surface area contributed by atoms with Gasteiger partial charge in [0.2, 0.25) is 11.7 Å². The first kappa shape index (κ1) is 22.3. The third-order valence-corrected chi connectivity index (χ3v) is 4.30. The Bertz CT molecular complexity index is 1020. The van der Waals surface area contributed by atoms with Gasteiger partial charge in [-0.3, -0.25) is 18.6 Å². The zero-order chi connectivity index (χ0) is 20.3. The highest BCUT2D eigenvalue weighted by molar-refractivity contribution is 5.85. The van der Waals surface area contributed by atoms with Gasteiger partial charge in [-0.1, -0.05) is 37.8 Å². The van der Waals surface area contributed by atoms with Gasteiger partial charge in [-0.25, -0.2) is 0 Å². The third-order valence-electron chi connectivity index (χ3n) is 4.30. The van der Waals surface area contributed by atoms with Gasteiger partial charge in [-0.05, 0) is 19.4 Å². The second kappa shape index (κ2) is 8.97. The average Bonchev–Trinajstić information content (AvgIpc) is 3.08. The van der Waals surface area contributed by atoms with Crippen LogP contribution in [0.1, 0.15) is 38.7 Å². The predicted molar refractivity (Wildman–Crippen MR) is 110 cm³/mol. The average molecular weight is 400 g/mol. The molecule has 0 aliphatic carbocycles. The molecular weight excluding hydrogens is 372 g/mol. The quantitative estimate of drug-likeness (QED) is 0.615. The molecule has 0 unspecified atom stereocenters. The summed E-state index contributed by atoms with van der Waals surface area (Å²) in [6.45, 7) is 3.79. The number of nitrogens with two attached hydrogens (primary N) is 1. The van der Waals surface area contributed by atoms with Crippen LogP contribution in [0.25, 0.3) is 5.78 Å². The zero-order valence-corrected chi connectivity index (χ0v) is 16.1. The number of carbonyl (C=O) groups is 1. The van der Waals surface area contributed by atoms with Crippen LogP contribution in [0.5, 0.6) is 0 Å². The van der Waals surface area contributed by atoms with Crippen LogP contribution in [0.3, 0.4) is 0 Å². The van der Waals surface area contributed by atoms with Crippen LogP contribution in [0.15, 0.2) is 47.4 Å². The van der Waals surface area contributed by atoms with Gasteiger partial charge in [0.05, 0.1) is 18.8 Å². The van der Waals surface area contributed by atoms with E-state index in [2.05, 4.69) is 15.5 Å². The molecule has 156 valence electrons. The SMILES string of the molecule is C.Cn1c(=O)ccn2c([C@@H](COCc3ccccc3)NC(=O)C(C)(C)N)nnc12. The molecule has 0 aliphatic heterocycles. The largest absolute Gasteiger partial charge is 0.374 e. The normalized spacial score (nSPS) is 12.4. The van der Waals surface area contributed by atoms with E-state index in [1.807, 2.05) is 30.3 Å². The predicted octanol–water partition coefficient (Wildman–Crippen LogP) is 1.18. The van der Waals surface area contributed by atoms with E-state index in [0.29, 0.717) is 18.2 Å². The van der Waals surface area contributed by atoms with Crippen molar-refractivity contribution in [2.24, 2.45) is 12.8 Å². The first-order chi connectivity index (χ1) is 13.3.